The Morgan fingerprint density at radius 1 is 1.29 bits per heavy atom. The van der Waals surface area contributed by atoms with Crippen LogP contribution in [0.5, 0.6) is 0 Å². The van der Waals surface area contributed by atoms with Gasteiger partial charge in [0.1, 0.15) is 0 Å². The topological polar surface area (TPSA) is 74.7 Å². The number of amides is 2. The molecule has 0 unspecified atom stereocenters. The highest BCUT2D eigenvalue weighted by molar-refractivity contribution is 8.76. The summed E-state index contributed by atoms with van der Waals surface area (Å²) in [6.45, 7) is 0.513. The number of nitrogens with zero attached hydrogens (tertiary/aromatic N) is 1. The number of hydrogen-bond donors (Lipinski definition) is 1. The van der Waals surface area contributed by atoms with Crippen molar-refractivity contribution in [3.05, 3.63) is 0 Å². The molecule has 1 fully saturated rings. The monoisotopic (exact) mass is 295 g/mol. The summed E-state index contributed by atoms with van der Waals surface area (Å²) in [7, 11) is 2.91. The fraction of sp³-hybridized carbons (Fsp3) is 0.667. The fourth-order valence-corrected chi connectivity index (χ4v) is 3.89. The molecule has 1 saturated heterocycles. The Hall–Kier alpha value is -0.340. The van der Waals surface area contributed by atoms with Gasteiger partial charge in [-0.25, -0.2) is 0 Å². The third kappa shape index (κ3) is 5.69. The first-order valence-corrected chi connectivity index (χ1v) is 8.52. The van der Waals surface area contributed by atoms with Crippen LogP contribution >= 0.6 is 33.3 Å². The summed E-state index contributed by atoms with van der Waals surface area (Å²) in [5, 5.41) is 8.25. The summed E-state index contributed by atoms with van der Waals surface area (Å²) in [4.78, 5) is 34.3. The molecule has 1 aliphatic heterocycles. The van der Waals surface area contributed by atoms with Gasteiger partial charge >= 0.3 is 5.97 Å². The van der Waals surface area contributed by atoms with Crippen molar-refractivity contribution in [1.29, 1.82) is 0 Å². The molecule has 0 atom stereocenters. The normalized spacial score (nSPS) is 15.3. The van der Waals surface area contributed by atoms with Gasteiger partial charge in [-0.1, -0.05) is 33.3 Å². The lowest BCUT2D eigenvalue weighted by molar-refractivity contribution is -0.136. The molecule has 0 saturated carbocycles. The minimum Gasteiger partial charge on any atom is -0.481 e. The second kappa shape index (κ2) is 7.88. The molecule has 0 bridgehead atoms. The summed E-state index contributed by atoms with van der Waals surface area (Å²) in [5.41, 5.74) is 0. The lowest BCUT2D eigenvalue weighted by Crippen LogP contribution is -2.30. The largest absolute Gasteiger partial charge is 0.481 e. The molecule has 5 nitrogen and oxygen atoms in total. The second-order valence-corrected chi connectivity index (χ2v) is 6.95. The van der Waals surface area contributed by atoms with E-state index in [0.29, 0.717) is 30.2 Å². The Labute approximate surface area is 111 Å². The van der Waals surface area contributed by atoms with Crippen molar-refractivity contribution < 1.29 is 19.5 Å². The quantitative estimate of drug-likeness (QED) is 0.568. The maximum Gasteiger partial charge on any atom is 0.304 e. The molecule has 0 spiro atoms. The van der Waals surface area contributed by atoms with Crippen LogP contribution in [0, 0.1) is 0 Å². The molecule has 0 aromatic heterocycles. The van der Waals surface area contributed by atoms with E-state index in [1.165, 1.54) is 38.2 Å². The van der Waals surface area contributed by atoms with E-state index < -0.39 is 5.97 Å². The number of hydrogen-bond acceptors (Lipinski definition) is 6. The Bertz CT molecular complexity index is 311. The number of thioether (sulfide) groups is 1. The molecule has 0 aromatic carbocycles. The van der Waals surface area contributed by atoms with E-state index >= 15 is 0 Å². The van der Waals surface area contributed by atoms with Gasteiger partial charge < -0.3 is 5.11 Å². The molecular formula is C9H13NO4S3. The van der Waals surface area contributed by atoms with Gasteiger partial charge in [0.15, 0.2) is 0 Å². The highest BCUT2D eigenvalue weighted by atomic mass is 33.1. The van der Waals surface area contributed by atoms with Crippen LogP contribution in [0.25, 0.3) is 0 Å². The predicted molar refractivity (Wildman–Crippen MR) is 71.4 cm³/mol. The first-order valence-electron chi connectivity index (χ1n) is 5.04. The molecule has 1 N–H and O–H groups in total. The van der Waals surface area contributed by atoms with Gasteiger partial charge in [0.05, 0.1) is 6.42 Å². The number of aliphatic carboxylic acids is 1. The van der Waals surface area contributed by atoms with Crippen molar-refractivity contribution >= 4 is 50.5 Å². The average Bonchev–Trinajstić information content (AvgIpc) is 2.69. The van der Waals surface area contributed by atoms with Gasteiger partial charge in [0.25, 0.3) is 5.24 Å². The SMILES string of the molecule is O=C(O)CCSSCCC(=O)N1CCSC1=O. The number of carboxylic acid groups (broad SMARTS) is 1. The van der Waals surface area contributed by atoms with E-state index in [2.05, 4.69) is 0 Å². The van der Waals surface area contributed by atoms with Crippen molar-refractivity contribution in [3.63, 3.8) is 0 Å². The van der Waals surface area contributed by atoms with E-state index in [1.54, 1.807) is 0 Å². The summed E-state index contributed by atoms with van der Waals surface area (Å²) < 4.78 is 0. The summed E-state index contributed by atoms with van der Waals surface area (Å²) in [5.74, 6) is 0.884. The number of carbonyl (C=O) groups excluding carboxylic acids is 2. The number of imide groups is 1. The molecule has 8 heteroatoms. The molecule has 17 heavy (non-hydrogen) atoms. The molecule has 1 heterocycles. The van der Waals surface area contributed by atoms with E-state index in [0.717, 1.165) is 0 Å². The third-order valence-electron chi connectivity index (χ3n) is 1.94. The number of rotatable bonds is 7. The lowest BCUT2D eigenvalue weighted by atomic mass is 10.4. The van der Waals surface area contributed by atoms with Crippen LogP contribution in [0.15, 0.2) is 0 Å². The zero-order valence-corrected chi connectivity index (χ0v) is 11.5. The van der Waals surface area contributed by atoms with Crippen LogP contribution in [0.3, 0.4) is 0 Å². The lowest BCUT2D eigenvalue weighted by Gasteiger charge is -2.11. The van der Waals surface area contributed by atoms with E-state index in [1.807, 2.05) is 0 Å². The van der Waals surface area contributed by atoms with Crippen LogP contribution in [0.4, 0.5) is 4.79 Å². The van der Waals surface area contributed by atoms with Crippen LogP contribution in [-0.4, -0.2) is 50.9 Å². The molecule has 0 radical (unpaired) electrons. The highest BCUT2D eigenvalue weighted by Gasteiger charge is 2.26. The molecular weight excluding hydrogens is 282 g/mol. The molecule has 2 amide bonds. The van der Waals surface area contributed by atoms with Gasteiger partial charge in [0, 0.05) is 30.2 Å². The van der Waals surface area contributed by atoms with Crippen molar-refractivity contribution in [1.82, 2.24) is 4.90 Å². The van der Waals surface area contributed by atoms with Crippen LogP contribution in [0.2, 0.25) is 0 Å². The Morgan fingerprint density at radius 2 is 1.94 bits per heavy atom. The number of carbonyl (C=O) groups is 3. The van der Waals surface area contributed by atoms with E-state index in [4.69, 9.17) is 5.11 Å². The van der Waals surface area contributed by atoms with Crippen molar-refractivity contribution in [2.24, 2.45) is 0 Å². The zero-order valence-electron chi connectivity index (χ0n) is 9.09. The fourth-order valence-electron chi connectivity index (χ4n) is 1.13. The minimum absolute atomic E-state index is 0.132. The van der Waals surface area contributed by atoms with E-state index in [9.17, 15) is 14.4 Å². The summed E-state index contributed by atoms with van der Waals surface area (Å²) >= 11 is 1.17. The van der Waals surface area contributed by atoms with Gasteiger partial charge in [-0.3, -0.25) is 19.3 Å². The summed E-state index contributed by atoms with van der Waals surface area (Å²) in [6, 6.07) is 0. The number of carboxylic acids is 1. The highest BCUT2D eigenvalue weighted by Crippen LogP contribution is 2.24. The maximum atomic E-state index is 11.6. The molecule has 0 aliphatic carbocycles. The summed E-state index contributed by atoms with van der Waals surface area (Å²) in [6.07, 6.45) is 0.462. The Morgan fingerprint density at radius 3 is 2.47 bits per heavy atom. The molecule has 96 valence electrons. The van der Waals surface area contributed by atoms with Crippen molar-refractivity contribution in [3.8, 4) is 0 Å². The zero-order chi connectivity index (χ0) is 12.7. The third-order valence-corrected chi connectivity index (χ3v) is 5.21. The minimum atomic E-state index is -0.811. The standard InChI is InChI=1S/C9H13NO4S3/c11-7(10-3-6-15-9(10)14)1-4-16-17-5-2-8(12)13/h1-6H2,(H,12,13). The van der Waals surface area contributed by atoms with Crippen molar-refractivity contribution in [2.75, 3.05) is 23.8 Å². The van der Waals surface area contributed by atoms with Gasteiger partial charge in [0.2, 0.25) is 5.91 Å². The van der Waals surface area contributed by atoms with Crippen LogP contribution in [0.1, 0.15) is 12.8 Å². The average molecular weight is 295 g/mol. The van der Waals surface area contributed by atoms with Crippen LogP contribution < -0.4 is 0 Å². The van der Waals surface area contributed by atoms with Gasteiger partial charge in [-0.2, -0.15) is 0 Å². The van der Waals surface area contributed by atoms with Crippen molar-refractivity contribution in [2.45, 2.75) is 12.8 Å². The first-order chi connectivity index (χ1) is 8.11. The molecule has 0 aromatic rings. The smallest absolute Gasteiger partial charge is 0.304 e. The maximum absolute atomic E-state index is 11.6. The predicted octanol–water partition coefficient (Wildman–Crippen LogP) is 1.93. The second-order valence-electron chi connectivity index (χ2n) is 3.20. The Kier molecular flexibility index (Phi) is 6.83. The van der Waals surface area contributed by atoms with Crippen LogP contribution in [-0.2, 0) is 9.59 Å². The molecule has 1 rings (SSSR count). The van der Waals surface area contributed by atoms with Gasteiger partial charge in [-0.15, -0.1) is 0 Å². The van der Waals surface area contributed by atoms with Gasteiger partial charge in [-0.05, 0) is 0 Å². The molecule has 1 aliphatic rings. The first kappa shape index (κ1) is 14.7. The van der Waals surface area contributed by atoms with E-state index in [-0.39, 0.29) is 17.6 Å². The Balaban J connectivity index is 2.04.